The van der Waals surface area contributed by atoms with E-state index in [1.54, 1.807) is 43.0 Å². The molecule has 2 aromatic carbocycles. The van der Waals surface area contributed by atoms with E-state index in [0.29, 0.717) is 50.9 Å². The van der Waals surface area contributed by atoms with Gasteiger partial charge in [-0.1, -0.05) is 41.7 Å². The number of para-hydroxylation sites is 1. The number of carbonyl (C=O) groups is 2. The summed E-state index contributed by atoms with van der Waals surface area (Å²) in [6.45, 7) is 7.66. The van der Waals surface area contributed by atoms with Crippen molar-refractivity contribution in [3.63, 3.8) is 0 Å². The van der Waals surface area contributed by atoms with E-state index < -0.39 is 17.6 Å². The SMILES string of the molecule is C=CCN1C(=O)/C(=c2\sc3n(c2=O)C(c2ccc(OC)c(OC)c2)C(C(=O)OCC)=C(C)N=3)c2ccccc21. The van der Waals surface area contributed by atoms with E-state index in [2.05, 4.69) is 11.6 Å². The molecule has 0 fully saturated rings. The molecule has 0 spiro atoms. The predicted molar refractivity (Wildman–Crippen MR) is 148 cm³/mol. The van der Waals surface area contributed by atoms with E-state index in [4.69, 9.17) is 14.2 Å². The average Bonchev–Trinajstić information content (AvgIpc) is 3.40. The Morgan fingerprint density at radius 3 is 2.56 bits per heavy atom. The number of thiazole rings is 1. The first-order chi connectivity index (χ1) is 18.9. The number of carbonyl (C=O) groups excluding carboxylic acids is 2. The highest BCUT2D eigenvalue weighted by molar-refractivity contribution is 7.07. The fourth-order valence-electron chi connectivity index (χ4n) is 4.99. The van der Waals surface area contributed by atoms with Crippen molar-refractivity contribution < 1.29 is 23.8 Å². The Hall–Kier alpha value is -4.44. The third-order valence-corrected chi connectivity index (χ3v) is 7.73. The van der Waals surface area contributed by atoms with Crippen LogP contribution in [0.5, 0.6) is 11.5 Å². The highest BCUT2D eigenvalue weighted by Crippen LogP contribution is 2.37. The lowest BCUT2D eigenvalue weighted by molar-refractivity contribution is -0.139. The number of esters is 1. The Balaban J connectivity index is 1.82. The first-order valence-electron chi connectivity index (χ1n) is 12.3. The van der Waals surface area contributed by atoms with E-state index in [0.717, 1.165) is 11.3 Å². The van der Waals surface area contributed by atoms with Gasteiger partial charge < -0.3 is 19.1 Å². The molecule has 1 aromatic heterocycles. The molecule has 0 aliphatic carbocycles. The van der Waals surface area contributed by atoms with Crippen molar-refractivity contribution >= 4 is 34.5 Å². The molecular formula is C29H27N3O6S. The van der Waals surface area contributed by atoms with Crippen molar-refractivity contribution in [2.75, 3.05) is 32.3 Å². The van der Waals surface area contributed by atoms with Gasteiger partial charge in [-0.05, 0) is 37.6 Å². The molecule has 0 saturated heterocycles. The molecule has 1 unspecified atom stereocenters. The van der Waals surface area contributed by atoms with Crippen LogP contribution in [0.4, 0.5) is 5.69 Å². The summed E-state index contributed by atoms with van der Waals surface area (Å²) in [4.78, 5) is 47.6. The second-order valence-electron chi connectivity index (χ2n) is 8.83. The summed E-state index contributed by atoms with van der Waals surface area (Å²) in [5, 5.41) is 0. The molecule has 0 saturated carbocycles. The molecule has 1 amide bonds. The van der Waals surface area contributed by atoms with Gasteiger partial charge in [-0.3, -0.25) is 14.2 Å². The van der Waals surface area contributed by atoms with Crippen LogP contribution in [0.3, 0.4) is 0 Å². The van der Waals surface area contributed by atoms with E-state index in [9.17, 15) is 14.4 Å². The molecule has 2 aliphatic rings. The number of fused-ring (bicyclic) bond motifs is 2. The Kier molecular flexibility index (Phi) is 6.96. The van der Waals surface area contributed by atoms with Crippen molar-refractivity contribution in [2.45, 2.75) is 19.9 Å². The number of anilines is 1. The molecule has 10 heteroatoms. The number of nitrogens with zero attached hydrogens (tertiary/aromatic N) is 3. The fraction of sp³-hybridized carbons (Fsp3) is 0.241. The van der Waals surface area contributed by atoms with Gasteiger partial charge >= 0.3 is 5.97 Å². The van der Waals surface area contributed by atoms with Gasteiger partial charge in [0.15, 0.2) is 16.3 Å². The first kappa shape index (κ1) is 26.2. The molecule has 3 heterocycles. The third kappa shape index (κ3) is 4.17. The summed E-state index contributed by atoms with van der Waals surface area (Å²) >= 11 is 1.12. The van der Waals surface area contributed by atoms with Gasteiger partial charge in [0, 0.05) is 12.1 Å². The van der Waals surface area contributed by atoms with Crippen LogP contribution in [0.2, 0.25) is 0 Å². The second kappa shape index (κ2) is 10.4. The number of allylic oxidation sites excluding steroid dienone is 1. The van der Waals surface area contributed by atoms with Crippen molar-refractivity contribution in [1.29, 1.82) is 0 Å². The lowest BCUT2D eigenvalue weighted by Crippen LogP contribution is -2.41. The normalized spacial score (nSPS) is 17.4. The van der Waals surface area contributed by atoms with Gasteiger partial charge in [0.05, 0.1) is 49.4 Å². The minimum absolute atomic E-state index is 0.160. The van der Waals surface area contributed by atoms with E-state index in [1.165, 1.54) is 18.8 Å². The van der Waals surface area contributed by atoms with Crippen molar-refractivity contribution in [1.82, 2.24) is 4.57 Å². The van der Waals surface area contributed by atoms with Crippen LogP contribution in [-0.4, -0.2) is 43.8 Å². The maximum Gasteiger partial charge on any atom is 0.338 e. The Morgan fingerprint density at radius 2 is 1.87 bits per heavy atom. The molecule has 3 aromatic rings. The number of methoxy groups -OCH3 is 2. The van der Waals surface area contributed by atoms with Crippen LogP contribution in [0.25, 0.3) is 5.57 Å². The Morgan fingerprint density at radius 1 is 1.13 bits per heavy atom. The molecule has 0 bridgehead atoms. The summed E-state index contributed by atoms with van der Waals surface area (Å²) in [6, 6.07) is 11.7. The zero-order valence-corrected chi connectivity index (χ0v) is 22.8. The summed E-state index contributed by atoms with van der Waals surface area (Å²) in [6.07, 6.45) is 1.64. The molecule has 0 N–H and O–H groups in total. The summed E-state index contributed by atoms with van der Waals surface area (Å²) < 4.78 is 18.0. The monoisotopic (exact) mass is 545 g/mol. The van der Waals surface area contributed by atoms with Crippen LogP contribution < -0.4 is 29.3 Å². The number of ether oxygens (including phenoxy) is 3. The molecule has 39 heavy (non-hydrogen) atoms. The number of aromatic nitrogens is 1. The van der Waals surface area contributed by atoms with Crippen molar-refractivity contribution in [3.05, 3.63) is 97.2 Å². The number of benzene rings is 2. The molecule has 200 valence electrons. The topological polar surface area (TPSA) is 99.4 Å². The van der Waals surface area contributed by atoms with Crippen LogP contribution >= 0.6 is 11.3 Å². The standard InChI is InChI=1S/C29H27N3O6S/c1-6-14-31-19-11-9-8-10-18(19)23(26(31)33)25-27(34)32-24(17-12-13-20(36-4)21(15-17)37-5)22(28(35)38-7-2)16(3)30-29(32)39-25/h6,8-13,15,24H,1,7,14H2,2-5H3/b25-23-. The van der Waals surface area contributed by atoms with Crippen molar-refractivity contribution in [2.24, 2.45) is 4.99 Å². The molecule has 1 atom stereocenters. The van der Waals surface area contributed by atoms with Gasteiger partial charge in [-0.15, -0.1) is 6.58 Å². The lowest BCUT2D eigenvalue weighted by atomic mass is 9.95. The molecular weight excluding hydrogens is 518 g/mol. The van der Waals surface area contributed by atoms with Gasteiger partial charge in [0.1, 0.15) is 4.53 Å². The molecule has 5 rings (SSSR count). The van der Waals surface area contributed by atoms with E-state index in [-0.39, 0.29) is 22.6 Å². The van der Waals surface area contributed by atoms with Crippen molar-refractivity contribution in [3.8, 4) is 11.5 Å². The maximum atomic E-state index is 14.2. The minimum Gasteiger partial charge on any atom is -0.493 e. The van der Waals surface area contributed by atoms with Gasteiger partial charge in [0.2, 0.25) is 0 Å². The zero-order chi connectivity index (χ0) is 27.8. The van der Waals surface area contributed by atoms with Gasteiger partial charge in [-0.2, -0.15) is 0 Å². The number of hydrogen-bond donors (Lipinski definition) is 0. The molecule has 2 aliphatic heterocycles. The highest BCUT2D eigenvalue weighted by atomic mass is 32.1. The van der Waals surface area contributed by atoms with Crippen LogP contribution in [0.15, 0.2) is 76.2 Å². The maximum absolute atomic E-state index is 14.2. The van der Waals surface area contributed by atoms with Gasteiger partial charge in [-0.25, -0.2) is 9.79 Å². The molecule has 9 nitrogen and oxygen atoms in total. The fourth-order valence-corrected chi connectivity index (χ4v) is 6.13. The smallest absolute Gasteiger partial charge is 0.338 e. The van der Waals surface area contributed by atoms with E-state index >= 15 is 0 Å². The van der Waals surface area contributed by atoms with Crippen LogP contribution in [0.1, 0.15) is 31.0 Å². The Bertz CT molecular complexity index is 1730. The lowest BCUT2D eigenvalue weighted by Gasteiger charge is -2.25. The summed E-state index contributed by atoms with van der Waals surface area (Å²) in [5.41, 5.74) is 2.53. The van der Waals surface area contributed by atoms with E-state index in [1.807, 2.05) is 24.3 Å². The number of amides is 1. The minimum atomic E-state index is -0.856. The zero-order valence-electron chi connectivity index (χ0n) is 22.0. The average molecular weight is 546 g/mol. The summed E-state index contributed by atoms with van der Waals surface area (Å²) in [7, 11) is 3.04. The van der Waals surface area contributed by atoms with Gasteiger partial charge in [0.25, 0.3) is 11.5 Å². The quantitative estimate of drug-likeness (QED) is 0.335. The number of hydrogen-bond acceptors (Lipinski definition) is 8. The van der Waals surface area contributed by atoms with Crippen LogP contribution in [0, 0.1) is 0 Å². The largest absolute Gasteiger partial charge is 0.493 e. The third-order valence-electron chi connectivity index (χ3n) is 6.68. The highest BCUT2D eigenvalue weighted by Gasteiger charge is 2.37. The second-order valence-corrected chi connectivity index (χ2v) is 9.81. The summed E-state index contributed by atoms with van der Waals surface area (Å²) in [5.74, 6) is 0.0868. The first-order valence-corrected chi connectivity index (χ1v) is 13.1. The molecule has 0 radical (unpaired) electrons. The van der Waals surface area contributed by atoms with Crippen LogP contribution in [-0.2, 0) is 14.3 Å². The Labute approximate surface area is 228 Å². The predicted octanol–water partition coefficient (Wildman–Crippen LogP) is 2.72. The number of rotatable bonds is 7.